The Morgan fingerprint density at radius 1 is 0.850 bits per heavy atom. The van der Waals surface area contributed by atoms with E-state index in [2.05, 4.69) is 10.6 Å². The van der Waals surface area contributed by atoms with Crippen molar-refractivity contribution in [3.05, 3.63) is 71.8 Å². The number of imide groups is 1. The van der Waals surface area contributed by atoms with Gasteiger partial charge in [-0.1, -0.05) is 60.7 Å². The van der Waals surface area contributed by atoms with E-state index in [-0.39, 0.29) is 11.9 Å². The van der Waals surface area contributed by atoms with Gasteiger partial charge in [0.05, 0.1) is 6.04 Å². The van der Waals surface area contributed by atoms with Gasteiger partial charge in [0.1, 0.15) is 0 Å². The van der Waals surface area contributed by atoms with Crippen LogP contribution >= 0.6 is 0 Å². The van der Waals surface area contributed by atoms with Crippen molar-refractivity contribution < 1.29 is 9.59 Å². The first-order valence-electron chi connectivity index (χ1n) is 6.35. The van der Waals surface area contributed by atoms with Gasteiger partial charge in [0.2, 0.25) is 5.91 Å². The summed E-state index contributed by atoms with van der Waals surface area (Å²) >= 11 is 0. The van der Waals surface area contributed by atoms with Crippen LogP contribution in [0.3, 0.4) is 0 Å². The lowest BCUT2D eigenvalue weighted by Crippen LogP contribution is -2.40. The highest BCUT2D eigenvalue weighted by atomic mass is 16.2. The normalized spacial score (nSPS) is 10.1. The monoisotopic (exact) mass is 268 g/mol. The zero-order chi connectivity index (χ0) is 14.4. The molecule has 0 bridgehead atoms. The first kappa shape index (κ1) is 13.8. The number of hydrogen-bond acceptors (Lipinski definition) is 2. The number of benzene rings is 2. The molecule has 0 aliphatic carbocycles. The number of carbonyl (C=O) groups is 2. The summed E-state index contributed by atoms with van der Waals surface area (Å²) in [5, 5.41) is 5.03. The summed E-state index contributed by atoms with van der Waals surface area (Å²) in [6, 6.07) is 18.4. The standard InChI is InChI=1S/C16H16N2O2/c1-12(19)17-16(20)18-15(13-8-4-2-5-9-13)14-10-6-3-7-11-14/h2-11,15H,1H3,(H2,17,18,19,20). The van der Waals surface area contributed by atoms with Crippen molar-refractivity contribution >= 4 is 11.9 Å². The summed E-state index contributed by atoms with van der Waals surface area (Å²) in [5.74, 6) is -0.387. The van der Waals surface area contributed by atoms with Crippen LogP contribution in [-0.2, 0) is 4.79 Å². The van der Waals surface area contributed by atoms with Gasteiger partial charge in [-0.05, 0) is 11.1 Å². The maximum absolute atomic E-state index is 11.8. The molecule has 3 amide bonds. The summed E-state index contributed by atoms with van der Waals surface area (Å²) in [5.41, 5.74) is 1.91. The Bertz CT molecular complexity index is 542. The van der Waals surface area contributed by atoms with Crippen molar-refractivity contribution in [2.45, 2.75) is 13.0 Å². The van der Waals surface area contributed by atoms with Crippen LogP contribution in [0.2, 0.25) is 0 Å². The molecule has 0 aromatic heterocycles. The third kappa shape index (κ3) is 3.68. The fourth-order valence-corrected chi connectivity index (χ4v) is 1.98. The van der Waals surface area contributed by atoms with E-state index in [0.29, 0.717) is 0 Å². The van der Waals surface area contributed by atoms with Gasteiger partial charge in [-0.2, -0.15) is 0 Å². The zero-order valence-electron chi connectivity index (χ0n) is 11.2. The van der Waals surface area contributed by atoms with E-state index in [0.717, 1.165) is 11.1 Å². The molecule has 0 aliphatic rings. The van der Waals surface area contributed by atoms with E-state index in [1.807, 2.05) is 60.7 Å². The SMILES string of the molecule is CC(=O)NC(=O)NC(c1ccccc1)c1ccccc1. The molecule has 0 aliphatic heterocycles. The van der Waals surface area contributed by atoms with E-state index in [1.165, 1.54) is 6.92 Å². The fraction of sp³-hybridized carbons (Fsp3) is 0.125. The number of amides is 3. The van der Waals surface area contributed by atoms with Crippen molar-refractivity contribution in [3.8, 4) is 0 Å². The van der Waals surface area contributed by atoms with Gasteiger partial charge in [-0.25, -0.2) is 4.79 Å². The molecule has 0 atom stereocenters. The number of urea groups is 1. The molecule has 0 unspecified atom stereocenters. The van der Waals surface area contributed by atoms with Crippen molar-refractivity contribution in [2.24, 2.45) is 0 Å². The lowest BCUT2D eigenvalue weighted by atomic mass is 9.99. The Kier molecular flexibility index (Phi) is 4.50. The topological polar surface area (TPSA) is 58.2 Å². The van der Waals surface area contributed by atoms with Crippen LogP contribution in [-0.4, -0.2) is 11.9 Å². The molecule has 0 saturated carbocycles. The molecular formula is C16H16N2O2. The van der Waals surface area contributed by atoms with E-state index in [1.54, 1.807) is 0 Å². The highest BCUT2D eigenvalue weighted by Gasteiger charge is 2.16. The van der Waals surface area contributed by atoms with Crippen molar-refractivity contribution in [2.75, 3.05) is 0 Å². The summed E-state index contributed by atoms with van der Waals surface area (Å²) < 4.78 is 0. The Hall–Kier alpha value is -2.62. The average Bonchev–Trinajstić information content (AvgIpc) is 2.46. The van der Waals surface area contributed by atoms with Gasteiger partial charge in [0.25, 0.3) is 0 Å². The smallest absolute Gasteiger partial charge is 0.322 e. The first-order chi connectivity index (χ1) is 9.66. The molecule has 0 radical (unpaired) electrons. The van der Waals surface area contributed by atoms with Gasteiger partial charge in [-0.3, -0.25) is 10.1 Å². The number of nitrogens with one attached hydrogen (secondary N) is 2. The lowest BCUT2D eigenvalue weighted by molar-refractivity contribution is -0.117. The summed E-state index contributed by atoms with van der Waals surface area (Å²) in [7, 11) is 0. The minimum absolute atomic E-state index is 0.295. The van der Waals surface area contributed by atoms with E-state index >= 15 is 0 Å². The Labute approximate surface area is 117 Å². The third-order valence-corrected chi connectivity index (χ3v) is 2.83. The predicted octanol–water partition coefficient (Wildman–Crippen LogP) is 2.62. The minimum atomic E-state index is -0.504. The zero-order valence-corrected chi connectivity index (χ0v) is 11.2. The summed E-state index contributed by atoms with van der Waals surface area (Å²) in [4.78, 5) is 22.7. The molecule has 0 saturated heterocycles. The van der Waals surface area contributed by atoms with Crippen LogP contribution < -0.4 is 10.6 Å². The molecule has 20 heavy (non-hydrogen) atoms. The maximum atomic E-state index is 11.8. The van der Waals surface area contributed by atoms with Crippen LogP contribution in [0, 0.1) is 0 Å². The van der Waals surface area contributed by atoms with E-state index < -0.39 is 6.03 Å². The molecule has 2 aromatic carbocycles. The molecule has 2 N–H and O–H groups in total. The second kappa shape index (κ2) is 6.52. The molecular weight excluding hydrogens is 252 g/mol. The van der Waals surface area contributed by atoms with E-state index in [9.17, 15) is 9.59 Å². The van der Waals surface area contributed by atoms with E-state index in [4.69, 9.17) is 0 Å². The third-order valence-electron chi connectivity index (χ3n) is 2.83. The molecule has 102 valence electrons. The Balaban J connectivity index is 2.26. The van der Waals surface area contributed by atoms with Crippen molar-refractivity contribution in [1.82, 2.24) is 10.6 Å². The molecule has 2 aromatic rings. The number of carbonyl (C=O) groups excluding carboxylic acids is 2. The number of rotatable bonds is 3. The second-order valence-corrected chi connectivity index (χ2v) is 4.41. The van der Waals surface area contributed by atoms with Crippen LogP contribution in [0.4, 0.5) is 4.79 Å². The molecule has 0 heterocycles. The van der Waals surface area contributed by atoms with Crippen LogP contribution in [0.25, 0.3) is 0 Å². The first-order valence-corrected chi connectivity index (χ1v) is 6.35. The number of hydrogen-bond donors (Lipinski definition) is 2. The van der Waals surface area contributed by atoms with Crippen LogP contribution in [0.1, 0.15) is 24.1 Å². The summed E-state index contributed by atoms with van der Waals surface area (Å²) in [6.07, 6.45) is 0. The quantitative estimate of drug-likeness (QED) is 0.899. The molecule has 0 spiro atoms. The highest BCUT2D eigenvalue weighted by molar-refractivity contribution is 5.93. The molecule has 4 nitrogen and oxygen atoms in total. The molecule has 4 heteroatoms. The summed E-state index contributed by atoms with van der Waals surface area (Å²) in [6.45, 7) is 1.31. The minimum Gasteiger partial charge on any atom is -0.327 e. The van der Waals surface area contributed by atoms with Gasteiger partial charge >= 0.3 is 6.03 Å². The van der Waals surface area contributed by atoms with Gasteiger partial charge in [0, 0.05) is 6.92 Å². The fourth-order valence-electron chi connectivity index (χ4n) is 1.98. The average molecular weight is 268 g/mol. The van der Waals surface area contributed by atoms with Crippen molar-refractivity contribution in [3.63, 3.8) is 0 Å². The molecule has 2 rings (SSSR count). The second-order valence-electron chi connectivity index (χ2n) is 4.41. The van der Waals surface area contributed by atoms with Gasteiger partial charge < -0.3 is 5.32 Å². The van der Waals surface area contributed by atoms with Crippen molar-refractivity contribution in [1.29, 1.82) is 0 Å². The highest BCUT2D eigenvalue weighted by Crippen LogP contribution is 2.21. The Morgan fingerprint density at radius 2 is 1.30 bits per heavy atom. The van der Waals surface area contributed by atoms with Gasteiger partial charge in [-0.15, -0.1) is 0 Å². The maximum Gasteiger partial charge on any atom is 0.322 e. The molecule has 0 fully saturated rings. The van der Waals surface area contributed by atoms with Gasteiger partial charge in [0.15, 0.2) is 0 Å². The lowest BCUT2D eigenvalue weighted by Gasteiger charge is -2.19. The van der Waals surface area contributed by atoms with Crippen LogP contribution in [0.5, 0.6) is 0 Å². The van der Waals surface area contributed by atoms with Crippen LogP contribution in [0.15, 0.2) is 60.7 Å². The largest absolute Gasteiger partial charge is 0.327 e. The predicted molar refractivity (Wildman–Crippen MR) is 77.1 cm³/mol. The Morgan fingerprint density at radius 3 is 1.70 bits per heavy atom.